The van der Waals surface area contributed by atoms with Gasteiger partial charge in [-0.25, -0.2) is 0 Å². The number of aromatic nitrogens is 1. The number of halogens is 4. The highest BCUT2D eigenvalue weighted by Gasteiger charge is 2.32. The van der Waals surface area contributed by atoms with Crippen LogP contribution in [0.3, 0.4) is 0 Å². The third kappa shape index (κ3) is 5.85. The first kappa shape index (κ1) is 21.4. The number of pyridine rings is 1. The zero-order valence-corrected chi connectivity index (χ0v) is 16.8. The van der Waals surface area contributed by atoms with Crippen molar-refractivity contribution in [3.63, 3.8) is 0 Å². The highest BCUT2D eigenvalue weighted by atomic mass is 35.5. The molecule has 1 aromatic heterocycles. The van der Waals surface area contributed by atoms with Crippen LogP contribution in [0.25, 0.3) is 0 Å². The van der Waals surface area contributed by atoms with Crippen LogP contribution < -0.4 is 10.6 Å². The van der Waals surface area contributed by atoms with E-state index in [2.05, 4.69) is 15.6 Å². The molecule has 29 heavy (non-hydrogen) atoms. The molecule has 0 atom stereocenters. The average molecular weight is 426 g/mol. The number of nitrogens with zero attached hydrogens (tertiary/aromatic N) is 1. The Morgan fingerprint density at radius 3 is 2.55 bits per heavy atom. The van der Waals surface area contributed by atoms with Crippen molar-refractivity contribution in [3.8, 4) is 0 Å². The lowest BCUT2D eigenvalue weighted by molar-refractivity contribution is -0.137. The molecule has 2 aromatic rings. The van der Waals surface area contributed by atoms with Crippen LogP contribution >= 0.6 is 11.6 Å². The maximum absolute atomic E-state index is 12.9. The van der Waals surface area contributed by atoms with E-state index in [0.717, 1.165) is 61.7 Å². The zero-order chi connectivity index (χ0) is 21.0. The van der Waals surface area contributed by atoms with E-state index in [1.54, 1.807) is 12.4 Å². The van der Waals surface area contributed by atoms with Gasteiger partial charge in [0, 0.05) is 25.0 Å². The molecule has 1 heterocycles. The largest absolute Gasteiger partial charge is 0.416 e. The maximum Gasteiger partial charge on any atom is 0.416 e. The minimum Gasteiger partial charge on any atom is -0.384 e. The molecule has 0 spiro atoms. The molecule has 1 saturated carbocycles. The van der Waals surface area contributed by atoms with Crippen molar-refractivity contribution in [1.29, 1.82) is 0 Å². The zero-order valence-electron chi connectivity index (χ0n) is 16.0. The van der Waals surface area contributed by atoms with Crippen LogP contribution in [-0.4, -0.2) is 23.5 Å². The number of anilines is 1. The number of carbonyl (C=O) groups is 1. The van der Waals surface area contributed by atoms with Crippen LogP contribution in [0.4, 0.5) is 18.9 Å². The number of alkyl halides is 3. The highest BCUT2D eigenvalue weighted by Crippen LogP contribution is 2.32. The quantitative estimate of drug-likeness (QED) is 0.668. The SMILES string of the molecule is Cc1cncc(NCC2CCC(NC(=O)c3cc(C(F)(F)F)ccc3Cl)CC2)c1. The first-order chi connectivity index (χ1) is 13.7. The molecule has 1 amide bonds. The molecule has 0 saturated heterocycles. The summed E-state index contributed by atoms with van der Waals surface area (Å²) >= 11 is 5.95. The Hall–Kier alpha value is -2.28. The average Bonchev–Trinajstić information content (AvgIpc) is 2.67. The van der Waals surface area contributed by atoms with Crippen LogP contribution in [0.2, 0.25) is 5.02 Å². The topological polar surface area (TPSA) is 54.0 Å². The van der Waals surface area contributed by atoms with E-state index in [4.69, 9.17) is 11.6 Å². The Kier molecular flexibility index (Phi) is 6.67. The Balaban J connectivity index is 1.51. The molecule has 0 aliphatic heterocycles. The first-order valence-electron chi connectivity index (χ1n) is 9.55. The number of aryl methyl sites for hydroxylation is 1. The van der Waals surface area contributed by atoms with Gasteiger partial charge in [-0.1, -0.05) is 11.6 Å². The number of benzene rings is 1. The summed E-state index contributed by atoms with van der Waals surface area (Å²) < 4.78 is 38.7. The molecule has 0 unspecified atom stereocenters. The van der Waals surface area contributed by atoms with Crippen molar-refractivity contribution in [2.24, 2.45) is 5.92 Å². The van der Waals surface area contributed by atoms with Crippen molar-refractivity contribution in [1.82, 2.24) is 10.3 Å². The summed E-state index contributed by atoms with van der Waals surface area (Å²) in [5.41, 5.74) is 1.05. The molecule has 4 nitrogen and oxygen atoms in total. The number of hydrogen-bond donors (Lipinski definition) is 2. The Morgan fingerprint density at radius 1 is 1.17 bits per heavy atom. The number of hydrogen-bond acceptors (Lipinski definition) is 3. The van der Waals surface area contributed by atoms with Crippen LogP contribution in [0, 0.1) is 12.8 Å². The summed E-state index contributed by atoms with van der Waals surface area (Å²) in [6.45, 7) is 2.81. The second-order valence-corrected chi connectivity index (χ2v) is 7.92. The van der Waals surface area contributed by atoms with Gasteiger partial charge >= 0.3 is 6.18 Å². The van der Waals surface area contributed by atoms with Gasteiger partial charge in [-0.15, -0.1) is 0 Å². The van der Waals surface area contributed by atoms with Crippen LogP contribution in [0.15, 0.2) is 36.7 Å². The van der Waals surface area contributed by atoms with Gasteiger partial charge in [0.2, 0.25) is 0 Å². The fraction of sp³-hybridized carbons (Fsp3) is 0.429. The fourth-order valence-corrected chi connectivity index (χ4v) is 3.77. The van der Waals surface area contributed by atoms with E-state index in [9.17, 15) is 18.0 Å². The molecule has 1 aromatic carbocycles. The minimum absolute atomic E-state index is 0.0140. The molecule has 1 fully saturated rings. The van der Waals surface area contributed by atoms with Gasteiger partial charge in [0.25, 0.3) is 5.91 Å². The van der Waals surface area contributed by atoms with Crippen molar-refractivity contribution >= 4 is 23.2 Å². The lowest BCUT2D eigenvalue weighted by Crippen LogP contribution is -2.38. The van der Waals surface area contributed by atoms with Crippen LogP contribution in [0.5, 0.6) is 0 Å². The predicted molar refractivity (Wildman–Crippen MR) is 107 cm³/mol. The molecule has 1 aliphatic carbocycles. The van der Waals surface area contributed by atoms with Gasteiger partial charge < -0.3 is 10.6 Å². The summed E-state index contributed by atoms with van der Waals surface area (Å²) in [5.74, 6) is -0.0886. The van der Waals surface area contributed by atoms with E-state index in [1.165, 1.54) is 0 Å². The Bertz CT molecular complexity index is 864. The van der Waals surface area contributed by atoms with Gasteiger partial charge in [0.05, 0.1) is 21.8 Å². The highest BCUT2D eigenvalue weighted by molar-refractivity contribution is 6.33. The molecule has 8 heteroatoms. The van der Waals surface area contributed by atoms with E-state index in [-0.39, 0.29) is 16.6 Å². The fourth-order valence-electron chi connectivity index (χ4n) is 3.56. The molecule has 0 bridgehead atoms. The molecule has 3 rings (SSSR count). The number of nitrogens with one attached hydrogen (secondary N) is 2. The molecule has 2 N–H and O–H groups in total. The predicted octanol–water partition coefficient (Wildman–Crippen LogP) is 5.46. The van der Waals surface area contributed by atoms with Crippen molar-refractivity contribution in [3.05, 3.63) is 58.4 Å². The lowest BCUT2D eigenvalue weighted by Gasteiger charge is -2.29. The number of amides is 1. The molecular weight excluding hydrogens is 403 g/mol. The smallest absolute Gasteiger partial charge is 0.384 e. The number of rotatable bonds is 5. The van der Waals surface area contributed by atoms with Crippen molar-refractivity contribution in [2.45, 2.75) is 44.8 Å². The van der Waals surface area contributed by atoms with Crippen molar-refractivity contribution in [2.75, 3.05) is 11.9 Å². The van der Waals surface area contributed by atoms with Gasteiger partial charge in [-0.3, -0.25) is 9.78 Å². The van der Waals surface area contributed by atoms with Crippen molar-refractivity contribution < 1.29 is 18.0 Å². The third-order valence-corrected chi connectivity index (χ3v) is 5.52. The van der Waals surface area contributed by atoms with Gasteiger partial charge in [-0.05, 0) is 68.4 Å². The molecular formula is C21H23ClF3N3O. The second kappa shape index (κ2) is 9.03. The van der Waals surface area contributed by atoms with Gasteiger partial charge in [0.15, 0.2) is 0 Å². The normalized spacial score (nSPS) is 19.6. The molecule has 1 aliphatic rings. The van der Waals surface area contributed by atoms with Gasteiger partial charge in [-0.2, -0.15) is 13.2 Å². The molecule has 156 valence electrons. The monoisotopic (exact) mass is 425 g/mol. The van der Waals surface area contributed by atoms with E-state index >= 15 is 0 Å². The summed E-state index contributed by atoms with van der Waals surface area (Å²) in [5, 5.41) is 6.24. The molecule has 0 radical (unpaired) electrons. The lowest BCUT2D eigenvalue weighted by atomic mass is 9.86. The standard InChI is InChI=1S/C21H23ClF3N3O/c1-13-8-17(12-26-10-13)27-11-14-2-5-16(6-3-14)28-20(29)18-9-15(21(23,24)25)4-7-19(18)22/h4,7-10,12,14,16,27H,2-3,5-6,11H2,1H3,(H,28,29). The summed E-state index contributed by atoms with van der Waals surface area (Å²) in [6.07, 6.45) is 2.48. The summed E-state index contributed by atoms with van der Waals surface area (Å²) in [6, 6.07) is 4.77. The van der Waals surface area contributed by atoms with Crippen LogP contribution in [-0.2, 0) is 6.18 Å². The summed E-state index contributed by atoms with van der Waals surface area (Å²) in [4.78, 5) is 16.6. The minimum atomic E-state index is -4.52. The summed E-state index contributed by atoms with van der Waals surface area (Å²) in [7, 11) is 0. The van der Waals surface area contributed by atoms with E-state index in [1.807, 2.05) is 13.0 Å². The maximum atomic E-state index is 12.9. The van der Waals surface area contributed by atoms with E-state index < -0.39 is 17.6 Å². The van der Waals surface area contributed by atoms with E-state index in [0.29, 0.717) is 5.92 Å². The Morgan fingerprint density at radius 2 is 1.90 bits per heavy atom. The first-order valence-corrected chi connectivity index (χ1v) is 9.93. The van der Waals surface area contributed by atoms with Gasteiger partial charge in [0.1, 0.15) is 0 Å². The number of carbonyl (C=O) groups excluding carboxylic acids is 1. The van der Waals surface area contributed by atoms with Crippen LogP contribution in [0.1, 0.15) is 47.2 Å². The Labute approximate surface area is 172 Å². The third-order valence-electron chi connectivity index (χ3n) is 5.19. The second-order valence-electron chi connectivity index (χ2n) is 7.52.